The summed E-state index contributed by atoms with van der Waals surface area (Å²) in [5.74, 6) is -0.709. The van der Waals surface area contributed by atoms with Crippen LogP contribution in [0.4, 0.5) is 5.69 Å². The van der Waals surface area contributed by atoms with Crippen molar-refractivity contribution in [2.45, 2.75) is 38.1 Å². The van der Waals surface area contributed by atoms with Crippen LogP contribution in [0.3, 0.4) is 0 Å². The molecule has 0 N–H and O–H groups in total. The number of rotatable bonds is 5. The Kier molecular flexibility index (Phi) is 6.22. The SMILES string of the molecule is CC(=O)c1ccc(N2C(=O)C[C@H](N3CCN(S(=O)(=O)c4cc(C)ccc4C)CC3)C2=O)cc1. The minimum atomic E-state index is -3.63. The lowest BCUT2D eigenvalue weighted by Gasteiger charge is -2.36. The molecular formula is C24H27N3O5S. The molecule has 1 atom stereocenters. The lowest BCUT2D eigenvalue weighted by atomic mass is 10.1. The summed E-state index contributed by atoms with van der Waals surface area (Å²) in [5.41, 5.74) is 2.53. The Morgan fingerprint density at radius 2 is 1.58 bits per heavy atom. The Labute approximate surface area is 193 Å². The monoisotopic (exact) mass is 469 g/mol. The summed E-state index contributed by atoms with van der Waals surface area (Å²) in [7, 11) is -3.63. The standard InChI is InChI=1S/C24H27N3O5S/c1-16-4-5-17(2)22(14-16)33(31,32)26-12-10-25(11-13-26)21-15-23(29)27(24(21)30)20-8-6-19(7-9-20)18(3)28/h4-9,14,21H,10-13,15H2,1-3H3/t21-/m0/s1. The molecule has 9 heteroatoms. The maximum absolute atomic E-state index is 13.2. The number of ketones is 1. The van der Waals surface area contributed by atoms with Gasteiger partial charge in [-0.2, -0.15) is 4.31 Å². The fraction of sp³-hybridized carbons (Fsp3) is 0.375. The second kappa shape index (κ2) is 8.81. The van der Waals surface area contributed by atoms with Crippen LogP contribution in [0.25, 0.3) is 0 Å². The van der Waals surface area contributed by atoms with Crippen LogP contribution in [0.2, 0.25) is 0 Å². The van der Waals surface area contributed by atoms with Crippen molar-refractivity contribution in [3.05, 3.63) is 59.2 Å². The molecule has 2 heterocycles. The van der Waals surface area contributed by atoms with E-state index >= 15 is 0 Å². The molecule has 2 aromatic rings. The van der Waals surface area contributed by atoms with Crippen LogP contribution in [0.5, 0.6) is 0 Å². The summed E-state index contributed by atoms with van der Waals surface area (Å²) in [5, 5.41) is 0. The van der Waals surface area contributed by atoms with Crippen molar-refractivity contribution in [1.82, 2.24) is 9.21 Å². The third-order valence-electron chi connectivity index (χ3n) is 6.33. The minimum Gasteiger partial charge on any atom is -0.295 e. The average molecular weight is 470 g/mol. The van der Waals surface area contributed by atoms with Gasteiger partial charge in [-0.05, 0) is 62.2 Å². The van der Waals surface area contributed by atoms with E-state index in [4.69, 9.17) is 0 Å². The van der Waals surface area contributed by atoms with Crippen LogP contribution in [0, 0.1) is 13.8 Å². The molecule has 8 nitrogen and oxygen atoms in total. The van der Waals surface area contributed by atoms with Crippen LogP contribution >= 0.6 is 0 Å². The van der Waals surface area contributed by atoms with Gasteiger partial charge in [0.2, 0.25) is 15.9 Å². The Hall–Kier alpha value is -2.88. The van der Waals surface area contributed by atoms with Gasteiger partial charge in [0.05, 0.1) is 23.0 Å². The minimum absolute atomic E-state index is 0.0526. The number of piperazine rings is 1. The quantitative estimate of drug-likeness (QED) is 0.492. The first-order valence-corrected chi connectivity index (χ1v) is 12.3. The van der Waals surface area contributed by atoms with Gasteiger partial charge in [0.15, 0.2) is 5.78 Å². The van der Waals surface area contributed by atoms with E-state index in [1.807, 2.05) is 17.9 Å². The van der Waals surface area contributed by atoms with Crippen molar-refractivity contribution in [3.8, 4) is 0 Å². The van der Waals surface area contributed by atoms with Crippen molar-refractivity contribution in [3.63, 3.8) is 0 Å². The lowest BCUT2D eigenvalue weighted by Crippen LogP contribution is -2.53. The first-order chi connectivity index (χ1) is 15.6. The Morgan fingerprint density at radius 3 is 2.18 bits per heavy atom. The zero-order chi connectivity index (χ0) is 23.9. The second-order valence-electron chi connectivity index (χ2n) is 8.60. The van der Waals surface area contributed by atoms with E-state index < -0.39 is 16.1 Å². The number of aryl methyl sites for hydroxylation is 2. The third kappa shape index (κ3) is 4.36. The molecule has 0 radical (unpaired) electrons. The fourth-order valence-corrected chi connectivity index (χ4v) is 6.13. The molecule has 0 unspecified atom stereocenters. The first-order valence-electron chi connectivity index (χ1n) is 10.9. The van der Waals surface area contributed by atoms with Crippen LogP contribution in [0.15, 0.2) is 47.4 Å². The molecular weight excluding hydrogens is 442 g/mol. The highest BCUT2D eigenvalue weighted by Crippen LogP contribution is 2.28. The number of hydrogen-bond donors (Lipinski definition) is 0. The highest BCUT2D eigenvalue weighted by molar-refractivity contribution is 7.89. The van der Waals surface area contributed by atoms with Gasteiger partial charge in [-0.1, -0.05) is 12.1 Å². The maximum atomic E-state index is 13.2. The summed E-state index contributed by atoms with van der Waals surface area (Å²) in [4.78, 5) is 40.6. The smallest absolute Gasteiger partial charge is 0.251 e. The number of benzene rings is 2. The van der Waals surface area contributed by atoms with E-state index in [0.717, 1.165) is 10.5 Å². The number of amides is 2. The summed E-state index contributed by atoms with van der Waals surface area (Å²) in [6, 6.07) is 11.2. The van der Waals surface area contributed by atoms with E-state index in [9.17, 15) is 22.8 Å². The number of carbonyl (C=O) groups excluding carboxylic acids is 3. The Balaban J connectivity index is 1.46. The zero-order valence-corrected chi connectivity index (χ0v) is 19.8. The van der Waals surface area contributed by atoms with E-state index in [1.54, 1.807) is 43.3 Å². The van der Waals surface area contributed by atoms with Gasteiger partial charge in [-0.3, -0.25) is 19.3 Å². The largest absolute Gasteiger partial charge is 0.295 e. The zero-order valence-electron chi connectivity index (χ0n) is 18.9. The summed E-state index contributed by atoms with van der Waals surface area (Å²) >= 11 is 0. The molecule has 0 saturated carbocycles. The highest BCUT2D eigenvalue weighted by Gasteiger charge is 2.44. The number of sulfonamides is 1. The summed E-state index contributed by atoms with van der Waals surface area (Å²) in [6.07, 6.45) is 0.0526. The van der Waals surface area contributed by atoms with Crippen molar-refractivity contribution < 1.29 is 22.8 Å². The Bertz CT molecular complexity index is 1220. The topological polar surface area (TPSA) is 95.1 Å². The van der Waals surface area contributed by atoms with Crippen molar-refractivity contribution in [2.24, 2.45) is 0 Å². The average Bonchev–Trinajstić information content (AvgIpc) is 3.09. The molecule has 33 heavy (non-hydrogen) atoms. The molecule has 0 bridgehead atoms. The molecule has 2 aliphatic rings. The van der Waals surface area contributed by atoms with Gasteiger partial charge >= 0.3 is 0 Å². The number of anilines is 1. The van der Waals surface area contributed by atoms with E-state index in [-0.39, 0.29) is 37.1 Å². The molecule has 0 spiro atoms. The molecule has 2 aliphatic heterocycles. The predicted octanol–water partition coefficient (Wildman–Crippen LogP) is 2.14. The van der Waals surface area contributed by atoms with Crippen LogP contribution in [-0.4, -0.2) is 67.4 Å². The molecule has 4 rings (SSSR count). The van der Waals surface area contributed by atoms with Gasteiger partial charge in [0.1, 0.15) is 0 Å². The first kappa shape index (κ1) is 23.3. The summed E-state index contributed by atoms with van der Waals surface area (Å²) in [6.45, 7) is 6.33. The third-order valence-corrected chi connectivity index (χ3v) is 8.37. The van der Waals surface area contributed by atoms with E-state index in [1.165, 1.54) is 11.2 Å². The molecule has 2 amide bonds. The summed E-state index contributed by atoms with van der Waals surface area (Å²) < 4.78 is 27.8. The maximum Gasteiger partial charge on any atom is 0.251 e. The van der Waals surface area contributed by atoms with Crippen LogP contribution < -0.4 is 4.90 Å². The number of imide groups is 1. The van der Waals surface area contributed by atoms with E-state index in [2.05, 4.69) is 0 Å². The highest BCUT2D eigenvalue weighted by atomic mass is 32.2. The van der Waals surface area contributed by atoms with Gasteiger partial charge in [-0.15, -0.1) is 0 Å². The molecule has 0 aromatic heterocycles. The molecule has 2 saturated heterocycles. The Morgan fingerprint density at radius 1 is 0.939 bits per heavy atom. The molecule has 0 aliphatic carbocycles. The van der Waals surface area contributed by atoms with Crippen LogP contribution in [0.1, 0.15) is 34.8 Å². The molecule has 2 aromatic carbocycles. The van der Waals surface area contributed by atoms with Gasteiger partial charge in [-0.25, -0.2) is 13.3 Å². The molecule has 2 fully saturated rings. The lowest BCUT2D eigenvalue weighted by molar-refractivity contribution is -0.123. The van der Waals surface area contributed by atoms with Gasteiger partial charge < -0.3 is 0 Å². The van der Waals surface area contributed by atoms with Gasteiger partial charge in [0.25, 0.3) is 5.91 Å². The van der Waals surface area contributed by atoms with Crippen molar-refractivity contribution in [2.75, 3.05) is 31.1 Å². The fourth-order valence-electron chi connectivity index (χ4n) is 4.40. The van der Waals surface area contributed by atoms with Gasteiger partial charge in [0, 0.05) is 31.7 Å². The number of carbonyl (C=O) groups is 3. The number of Topliss-reactive ketones (excluding diaryl/α,β-unsaturated/α-hetero) is 1. The van der Waals surface area contributed by atoms with Crippen molar-refractivity contribution in [1.29, 1.82) is 0 Å². The molecule has 174 valence electrons. The number of hydrogen-bond acceptors (Lipinski definition) is 6. The predicted molar refractivity (Wildman–Crippen MR) is 124 cm³/mol. The normalized spacial score (nSPS) is 20.5. The second-order valence-corrected chi connectivity index (χ2v) is 10.5. The van der Waals surface area contributed by atoms with Crippen molar-refractivity contribution >= 4 is 33.3 Å². The number of nitrogens with zero attached hydrogens (tertiary/aromatic N) is 3. The van der Waals surface area contributed by atoms with E-state index in [0.29, 0.717) is 34.8 Å². The van der Waals surface area contributed by atoms with Crippen LogP contribution in [-0.2, 0) is 19.6 Å².